The van der Waals surface area contributed by atoms with Crippen LogP contribution in [0.1, 0.15) is 28.0 Å². The summed E-state index contributed by atoms with van der Waals surface area (Å²) in [6.07, 6.45) is 0.900. The van der Waals surface area contributed by atoms with Crippen molar-refractivity contribution < 1.29 is 4.79 Å². The van der Waals surface area contributed by atoms with E-state index in [0.717, 1.165) is 27.7 Å². The summed E-state index contributed by atoms with van der Waals surface area (Å²) in [6.45, 7) is 6.13. The van der Waals surface area contributed by atoms with Crippen molar-refractivity contribution in [3.05, 3.63) is 16.3 Å². The van der Waals surface area contributed by atoms with Gasteiger partial charge in [-0.25, -0.2) is 4.98 Å². The molecule has 0 aromatic carbocycles. The van der Waals surface area contributed by atoms with Gasteiger partial charge in [-0.1, -0.05) is 6.92 Å². The van der Waals surface area contributed by atoms with Gasteiger partial charge in [0.1, 0.15) is 10.7 Å². The highest BCUT2D eigenvalue weighted by molar-refractivity contribution is 7.99. The third-order valence-corrected chi connectivity index (χ3v) is 4.25. The summed E-state index contributed by atoms with van der Waals surface area (Å²) >= 11 is 3.25. The number of hydrogen-bond donors (Lipinski definition) is 0. The third kappa shape index (κ3) is 1.59. The summed E-state index contributed by atoms with van der Waals surface area (Å²) in [5.74, 6) is 0.934. The van der Waals surface area contributed by atoms with Crippen LogP contribution < -0.4 is 0 Å². The van der Waals surface area contributed by atoms with E-state index in [9.17, 15) is 4.79 Å². The molecule has 0 bridgehead atoms. The first kappa shape index (κ1) is 10.7. The van der Waals surface area contributed by atoms with Gasteiger partial charge < -0.3 is 0 Å². The fraction of sp³-hybridized carbons (Fsp3) is 0.400. The van der Waals surface area contributed by atoms with Crippen molar-refractivity contribution in [1.29, 1.82) is 0 Å². The summed E-state index contributed by atoms with van der Waals surface area (Å²) < 4.78 is 1.95. The zero-order valence-corrected chi connectivity index (χ0v) is 10.5. The number of aldehydes is 1. The first-order valence-corrected chi connectivity index (χ1v) is 6.55. The number of carbonyl (C=O) groups excluding carboxylic acids is 1. The maximum absolute atomic E-state index is 11.1. The predicted molar refractivity (Wildman–Crippen MR) is 64.3 cm³/mol. The molecule has 0 aliphatic rings. The van der Waals surface area contributed by atoms with Crippen molar-refractivity contribution >= 4 is 34.3 Å². The summed E-state index contributed by atoms with van der Waals surface area (Å²) in [7, 11) is 0. The van der Waals surface area contributed by atoms with Crippen LogP contribution >= 0.6 is 23.1 Å². The Morgan fingerprint density at radius 3 is 2.87 bits per heavy atom. The molecule has 0 spiro atoms. The lowest BCUT2D eigenvalue weighted by Crippen LogP contribution is -1.93. The second kappa shape index (κ2) is 3.98. The highest BCUT2D eigenvalue weighted by Gasteiger charge is 2.16. The quantitative estimate of drug-likeness (QED) is 0.611. The Bertz CT molecular complexity index is 513. The fourth-order valence-corrected chi connectivity index (χ4v) is 3.25. The van der Waals surface area contributed by atoms with Crippen LogP contribution in [0.5, 0.6) is 0 Å². The van der Waals surface area contributed by atoms with Gasteiger partial charge in [0.25, 0.3) is 0 Å². The van der Waals surface area contributed by atoms with E-state index in [1.165, 1.54) is 4.88 Å². The zero-order valence-electron chi connectivity index (χ0n) is 8.90. The molecule has 0 aliphatic heterocycles. The van der Waals surface area contributed by atoms with Crippen molar-refractivity contribution in [2.75, 3.05) is 5.75 Å². The Balaban J connectivity index is 2.71. The topological polar surface area (TPSA) is 34.4 Å². The van der Waals surface area contributed by atoms with E-state index in [4.69, 9.17) is 0 Å². The first-order chi connectivity index (χ1) is 7.19. The number of thiazole rings is 1. The second-order valence-electron chi connectivity index (χ2n) is 3.21. The molecule has 0 radical (unpaired) electrons. The number of thioether (sulfide) groups is 1. The van der Waals surface area contributed by atoms with Crippen LogP contribution in [0.3, 0.4) is 0 Å². The number of aryl methyl sites for hydroxylation is 2. The lowest BCUT2D eigenvalue weighted by molar-refractivity contribution is 0.111. The Morgan fingerprint density at radius 1 is 1.53 bits per heavy atom. The van der Waals surface area contributed by atoms with Crippen LogP contribution in [0.15, 0.2) is 5.03 Å². The van der Waals surface area contributed by atoms with Gasteiger partial charge in [0.05, 0.1) is 0 Å². The number of imidazole rings is 1. The maximum Gasteiger partial charge on any atom is 0.195 e. The van der Waals surface area contributed by atoms with Crippen molar-refractivity contribution in [1.82, 2.24) is 9.38 Å². The molecule has 15 heavy (non-hydrogen) atoms. The molecule has 2 aromatic heterocycles. The van der Waals surface area contributed by atoms with E-state index in [0.29, 0.717) is 5.69 Å². The summed E-state index contributed by atoms with van der Waals surface area (Å²) in [5.41, 5.74) is 1.81. The molecule has 0 unspecified atom stereocenters. The normalized spacial score (nSPS) is 11.1. The molecule has 0 amide bonds. The fourth-order valence-electron chi connectivity index (χ4n) is 1.50. The molecule has 2 aromatic rings. The van der Waals surface area contributed by atoms with E-state index >= 15 is 0 Å². The number of fused-ring (bicyclic) bond motifs is 1. The molecular weight excluding hydrogens is 228 g/mol. The molecule has 0 atom stereocenters. The molecule has 0 aliphatic carbocycles. The van der Waals surface area contributed by atoms with Crippen molar-refractivity contribution in [3.8, 4) is 0 Å². The van der Waals surface area contributed by atoms with Gasteiger partial charge in [0.15, 0.2) is 11.2 Å². The van der Waals surface area contributed by atoms with Gasteiger partial charge in [-0.3, -0.25) is 9.20 Å². The van der Waals surface area contributed by atoms with Crippen LogP contribution in [-0.2, 0) is 0 Å². The number of aromatic nitrogens is 2. The predicted octanol–water partition coefficient (Wildman–Crippen LogP) is 2.94. The number of hydrogen-bond acceptors (Lipinski definition) is 4. The van der Waals surface area contributed by atoms with Gasteiger partial charge in [-0.2, -0.15) is 0 Å². The number of carbonyl (C=O) groups is 1. The van der Waals surface area contributed by atoms with Crippen LogP contribution in [0.25, 0.3) is 4.96 Å². The van der Waals surface area contributed by atoms with Crippen LogP contribution in [0.2, 0.25) is 0 Å². The monoisotopic (exact) mass is 240 g/mol. The van der Waals surface area contributed by atoms with Gasteiger partial charge in [0, 0.05) is 10.6 Å². The smallest absolute Gasteiger partial charge is 0.195 e. The molecule has 3 nitrogen and oxygen atoms in total. The van der Waals surface area contributed by atoms with Crippen LogP contribution in [0, 0.1) is 13.8 Å². The zero-order chi connectivity index (χ0) is 11.0. The highest BCUT2D eigenvalue weighted by Crippen LogP contribution is 2.28. The Labute approximate surface area is 96.5 Å². The average molecular weight is 240 g/mol. The average Bonchev–Trinajstić information content (AvgIpc) is 2.66. The lowest BCUT2D eigenvalue weighted by Gasteiger charge is -1.96. The largest absolute Gasteiger partial charge is 0.296 e. The van der Waals surface area contributed by atoms with E-state index in [1.807, 2.05) is 11.3 Å². The van der Waals surface area contributed by atoms with Gasteiger partial charge in [-0.05, 0) is 19.6 Å². The third-order valence-electron chi connectivity index (χ3n) is 2.33. The molecule has 2 heterocycles. The minimum absolute atomic E-state index is 0.693. The summed E-state index contributed by atoms with van der Waals surface area (Å²) in [6, 6.07) is 0. The molecule has 0 N–H and O–H groups in total. The van der Waals surface area contributed by atoms with Gasteiger partial charge in [-0.15, -0.1) is 23.1 Å². The molecule has 0 saturated carbocycles. The van der Waals surface area contributed by atoms with Crippen molar-refractivity contribution in [2.24, 2.45) is 0 Å². The van der Waals surface area contributed by atoms with Gasteiger partial charge in [0.2, 0.25) is 0 Å². The van der Waals surface area contributed by atoms with E-state index < -0.39 is 0 Å². The lowest BCUT2D eigenvalue weighted by atomic mass is 10.4. The molecule has 0 fully saturated rings. The molecule has 80 valence electrons. The van der Waals surface area contributed by atoms with Crippen LogP contribution in [0.4, 0.5) is 0 Å². The Kier molecular flexibility index (Phi) is 2.84. The molecular formula is C10H12N2OS2. The summed E-state index contributed by atoms with van der Waals surface area (Å²) in [4.78, 5) is 17.7. The number of rotatable bonds is 3. The standard InChI is InChI=1S/C10H12N2OS2/c1-4-14-9-8(5-13)12-6(2)7(3)15-10(12)11-9/h5H,4H2,1-3H3. The van der Waals surface area contributed by atoms with E-state index in [2.05, 4.69) is 18.8 Å². The number of nitrogens with zero attached hydrogens (tertiary/aromatic N) is 2. The Hall–Kier alpha value is -0.810. The highest BCUT2D eigenvalue weighted by atomic mass is 32.2. The minimum Gasteiger partial charge on any atom is -0.296 e. The van der Waals surface area contributed by atoms with Crippen LogP contribution in [-0.4, -0.2) is 21.4 Å². The van der Waals surface area contributed by atoms with E-state index in [1.54, 1.807) is 23.1 Å². The molecule has 5 heteroatoms. The maximum atomic E-state index is 11.1. The summed E-state index contributed by atoms with van der Waals surface area (Å²) in [5, 5.41) is 0.849. The first-order valence-electron chi connectivity index (χ1n) is 4.75. The Morgan fingerprint density at radius 2 is 2.27 bits per heavy atom. The van der Waals surface area contributed by atoms with Gasteiger partial charge >= 0.3 is 0 Å². The minimum atomic E-state index is 0.693. The van der Waals surface area contributed by atoms with Crippen molar-refractivity contribution in [3.63, 3.8) is 0 Å². The SMILES string of the molecule is CCSc1nc2sc(C)c(C)n2c1C=O. The second-order valence-corrected chi connectivity index (χ2v) is 5.65. The van der Waals surface area contributed by atoms with E-state index in [-0.39, 0.29) is 0 Å². The molecule has 2 rings (SSSR count). The van der Waals surface area contributed by atoms with Crippen molar-refractivity contribution in [2.45, 2.75) is 25.8 Å². The molecule has 0 saturated heterocycles.